The summed E-state index contributed by atoms with van der Waals surface area (Å²) in [7, 11) is 0. The zero-order valence-corrected chi connectivity index (χ0v) is 56.1. The predicted molar refractivity (Wildman–Crippen MR) is 388 cm³/mol. The highest BCUT2D eigenvalue weighted by Crippen LogP contribution is 2.15. The van der Waals surface area contributed by atoms with Crippen LogP contribution >= 0.6 is 0 Å². The van der Waals surface area contributed by atoms with Gasteiger partial charge in [-0.2, -0.15) is 0 Å². The van der Waals surface area contributed by atoms with Crippen molar-refractivity contribution in [2.45, 2.75) is 277 Å². The van der Waals surface area contributed by atoms with E-state index >= 15 is 0 Å². The number of aliphatic hydroxyl groups is 1. The van der Waals surface area contributed by atoms with Gasteiger partial charge in [0.25, 0.3) is 0 Å². The molecule has 0 spiro atoms. The van der Waals surface area contributed by atoms with Crippen LogP contribution in [-0.2, 0) is 19.1 Å². The van der Waals surface area contributed by atoms with E-state index in [0.717, 1.165) is 161 Å². The van der Waals surface area contributed by atoms with Crippen molar-refractivity contribution in [2.24, 2.45) is 0 Å². The van der Waals surface area contributed by atoms with Crippen LogP contribution in [0.5, 0.6) is 0 Å². The SMILES string of the molecule is CC/C=C\C/C=C\C/C=C\C/C=C\C/C=C\C/C=C\C/C=C\C/C=C\C/C=C\C/C=C\C/C=C\CCCCCC(=O)OC(CO)COC(=O)CCCCCCCCCCCCCCCCC/C=C\C/C=C\C/C=C\C/C=C\C/C=C\C/C=C\C/C=C\CC. The lowest BCUT2D eigenvalue weighted by Gasteiger charge is -2.15. The molecule has 0 heterocycles. The van der Waals surface area contributed by atoms with Crippen LogP contribution in [0.2, 0.25) is 0 Å². The molecule has 0 rings (SSSR count). The summed E-state index contributed by atoms with van der Waals surface area (Å²) in [6.07, 6.45) is 122. The molecule has 0 aliphatic heterocycles. The topological polar surface area (TPSA) is 72.8 Å². The first-order valence-corrected chi connectivity index (χ1v) is 35.3. The van der Waals surface area contributed by atoms with E-state index in [9.17, 15) is 14.7 Å². The molecule has 5 nitrogen and oxygen atoms in total. The highest BCUT2D eigenvalue weighted by molar-refractivity contribution is 5.70. The van der Waals surface area contributed by atoms with Crippen molar-refractivity contribution in [2.75, 3.05) is 13.2 Å². The van der Waals surface area contributed by atoms with Crippen LogP contribution in [0.4, 0.5) is 0 Å². The standard InChI is InChI=1S/C83H128O5/c1-3-5-7-9-11-13-15-17-19-21-23-25-27-29-31-33-35-37-39-41-43-45-47-49-51-53-55-57-59-61-63-65-67-69-71-73-75-77-82(85)87-80-81(79-84)88-83(86)78-76-74-72-70-68-66-64-62-60-58-56-54-52-50-48-46-44-42-40-38-36-34-32-30-28-26-24-22-20-18-16-14-12-10-8-6-4-2/h5-8,11-14,17-20,23-26,29-32,35-38,41-44,48,50,54,56,60,62,66,68,81,84H,3-4,9-10,15-16,21-22,27-28,33-34,39-40,45-47,49,51-53,55,57-59,61,63-65,67,69-80H2,1-2H3/b7-5-,8-6-,13-11-,14-12-,19-17-,20-18-,25-23-,26-24-,31-29-,32-30-,37-35-,38-36-,43-41-,44-42-,50-48-,56-54-,62-60-,68-66-. The Morgan fingerprint density at radius 1 is 0.261 bits per heavy atom. The van der Waals surface area contributed by atoms with Gasteiger partial charge in [0.2, 0.25) is 0 Å². The number of carbonyl (C=O) groups is 2. The van der Waals surface area contributed by atoms with E-state index in [2.05, 4.69) is 233 Å². The van der Waals surface area contributed by atoms with Crippen LogP contribution in [0.3, 0.4) is 0 Å². The Kier molecular flexibility index (Phi) is 70.5. The van der Waals surface area contributed by atoms with Crippen molar-refractivity contribution in [3.63, 3.8) is 0 Å². The lowest BCUT2D eigenvalue weighted by Crippen LogP contribution is -2.28. The number of esters is 2. The van der Waals surface area contributed by atoms with Gasteiger partial charge in [-0.15, -0.1) is 0 Å². The molecule has 0 aliphatic carbocycles. The van der Waals surface area contributed by atoms with Gasteiger partial charge in [-0.25, -0.2) is 0 Å². The normalized spacial score (nSPS) is 13.6. The molecule has 0 aromatic carbocycles. The van der Waals surface area contributed by atoms with Gasteiger partial charge >= 0.3 is 11.9 Å². The first kappa shape index (κ1) is 82.2. The van der Waals surface area contributed by atoms with E-state index in [-0.39, 0.29) is 25.2 Å². The van der Waals surface area contributed by atoms with Gasteiger partial charge in [-0.3, -0.25) is 9.59 Å². The summed E-state index contributed by atoms with van der Waals surface area (Å²) in [5.41, 5.74) is 0. The molecular weight excluding hydrogens is 1080 g/mol. The summed E-state index contributed by atoms with van der Waals surface area (Å²) < 4.78 is 10.7. The van der Waals surface area contributed by atoms with Crippen molar-refractivity contribution in [3.8, 4) is 0 Å². The van der Waals surface area contributed by atoms with E-state index < -0.39 is 6.10 Å². The average molecular weight is 1210 g/mol. The lowest BCUT2D eigenvalue weighted by molar-refractivity contribution is -0.161. The zero-order valence-electron chi connectivity index (χ0n) is 56.1. The minimum Gasteiger partial charge on any atom is -0.462 e. The second-order valence-corrected chi connectivity index (χ2v) is 22.5. The highest BCUT2D eigenvalue weighted by Gasteiger charge is 2.16. The number of ether oxygens (including phenoxy) is 2. The molecule has 0 aromatic rings. The third-order valence-corrected chi connectivity index (χ3v) is 14.3. The van der Waals surface area contributed by atoms with Crippen molar-refractivity contribution in [1.82, 2.24) is 0 Å². The molecule has 0 saturated carbocycles. The minimum absolute atomic E-state index is 0.0924. The van der Waals surface area contributed by atoms with E-state index in [0.29, 0.717) is 12.8 Å². The van der Waals surface area contributed by atoms with Crippen molar-refractivity contribution in [3.05, 3.63) is 219 Å². The van der Waals surface area contributed by atoms with E-state index in [4.69, 9.17) is 9.47 Å². The molecule has 1 unspecified atom stereocenters. The van der Waals surface area contributed by atoms with Gasteiger partial charge in [0.15, 0.2) is 6.10 Å². The highest BCUT2D eigenvalue weighted by atomic mass is 16.6. The number of hydrogen-bond donors (Lipinski definition) is 1. The molecule has 0 radical (unpaired) electrons. The van der Waals surface area contributed by atoms with Gasteiger partial charge in [0.1, 0.15) is 6.61 Å². The van der Waals surface area contributed by atoms with E-state index in [1.807, 2.05) is 0 Å². The maximum absolute atomic E-state index is 12.4. The Bertz CT molecular complexity index is 2100. The molecule has 5 heteroatoms. The third kappa shape index (κ3) is 72.7. The molecule has 0 aromatic heterocycles. The fraction of sp³-hybridized carbons (Fsp3) is 0.542. The molecular formula is C83H128O5. The average Bonchev–Trinajstić information content (AvgIpc) is 3.55. The van der Waals surface area contributed by atoms with Crippen LogP contribution in [0.25, 0.3) is 0 Å². The molecule has 1 N–H and O–H groups in total. The lowest BCUT2D eigenvalue weighted by atomic mass is 10.0. The monoisotopic (exact) mass is 1200 g/mol. The van der Waals surface area contributed by atoms with Crippen LogP contribution in [0.1, 0.15) is 271 Å². The summed E-state index contributed by atoms with van der Waals surface area (Å²) in [4.78, 5) is 24.7. The fourth-order valence-corrected chi connectivity index (χ4v) is 9.07. The van der Waals surface area contributed by atoms with Crippen molar-refractivity contribution in [1.29, 1.82) is 0 Å². The first-order valence-electron chi connectivity index (χ1n) is 35.3. The van der Waals surface area contributed by atoms with Gasteiger partial charge in [-0.05, 0) is 154 Å². The summed E-state index contributed by atoms with van der Waals surface area (Å²) in [6.45, 7) is 3.88. The van der Waals surface area contributed by atoms with E-state index in [1.54, 1.807) is 0 Å². The second kappa shape index (κ2) is 75.5. The number of carbonyl (C=O) groups excluding carboxylic acids is 2. The van der Waals surface area contributed by atoms with Gasteiger partial charge in [-0.1, -0.05) is 322 Å². The molecule has 0 fully saturated rings. The predicted octanol–water partition coefficient (Wildman–Crippen LogP) is 25.1. The molecule has 1 atom stereocenters. The summed E-state index contributed by atoms with van der Waals surface area (Å²) in [5, 5.41) is 9.70. The number of aliphatic hydroxyl groups excluding tert-OH is 1. The van der Waals surface area contributed by atoms with E-state index in [1.165, 1.54) is 83.5 Å². The molecule has 0 saturated heterocycles. The molecule has 0 bridgehead atoms. The fourth-order valence-electron chi connectivity index (χ4n) is 9.07. The maximum Gasteiger partial charge on any atom is 0.306 e. The Labute approximate surface area is 542 Å². The minimum atomic E-state index is -0.808. The number of rotatable bonds is 62. The van der Waals surface area contributed by atoms with Crippen LogP contribution < -0.4 is 0 Å². The van der Waals surface area contributed by atoms with Gasteiger partial charge < -0.3 is 14.6 Å². The number of allylic oxidation sites excluding steroid dienone is 36. The van der Waals surface area contributed by atoms with Crippen molar-refractivity contribution >= 4 is 11.9 Å². The number of unbranched alkanes of at least 4 members (excludes halogenated alkanes) is 18. The van der Waals surface area contributed by atoms with Crippen LogP contribution in [0.15, 0.2) is 219 Å². The molecule has 490 valence electrons. The summed E-state index contributed by atoms with van der Waals surface area (Å²) in [6, 6.07) is 0. The third-order valence-electron chi connectivity index (χ3n) is 14.3. The summed E-state index contributed by atoms with van der Waals surface area (Å²) in [5.74, 6) is -0.640. The Morgan fingerprint density at radius 2 is 0.455 bits per heavy atom. The van der Waals surface area contributed by atoms with Crippen molar-refractivity contribution < 1.29 is 24.2 Å². The first-order chi connectivity index (χ1) is 43.6. The largest absolute Gasteiger partial charge is 0.462 e. The molecule has 88 heavy (non-hydrogen) atoms. The Morgan fingerprint density at radius 3 is 0.693 bits per heavy atom. The van der Waals surface area contributed by atoms with Crippen LogP contribution in [-0.4, -0.2) is 36.4 Å². The molecule has 0 aliphatic rings. The summed E-state index contributed by atoms with van der Waals surface area (Å²) >= 11 is 0. The molecule has 0 amide bonds. The smallest absolute Gasteiger partial charge is 0.306 e. The number of hydrogen-bond acceptors (Lipinski definition) is 5. The zero-order chi connectivity index (χ0) is 63.3. The quantitative estimate of drug-likeness (QED) is 0.0373. The van der Waals surface area contributed by atoms with Gasteiger partial charge in [0.05, 0.1) is 6.61 Å². The Balaban J connectivity index is 3.63. The Hall–Kier alpha value is -5.78. The van der Waals surface area contributed by atoms with Crippen LogP contribution in [0, 0.1) is 0 Å². The second-order valence-electron chi connectivity index (χ2n) is 22.5. The maximum atomic E-state index is 12.4. The van der Waals surface area contributed by atoms with Gasteiger partial charge in [0, 0.05) is 12.8 Å².